The summed E-state index contributed by atoms with van der Waals surface area (Å²) in [6.07, 6.45) is 3.32. The van der Waals surface area contributed by atoms with Gasteiger partial charge in [0, 0.05) is 0 Å². The van der Waals surface area contributed by atoms with Crippen molar-refractivity contribution >= 4 is 0 Å². The lowest BCUT2D eigenvalue weighted by atomic mass is 9.90. The van der Waals surface area contributed by atoms with Crippen LogP contribution in [-0.4, -0.2) is 10.2 Å². The van der Waals surface area contributed by atoms with Crippen molar-refractivity contribution in [3.8, 4) is 5.75 Å². The molecule has 76 valence electrons. The van der Waals surface area contributed by atoms with E-state index in [-0.39, 0.29) is 5.75 Å². The summed E-state index contributed by atoms with van der Waals surface area (Å²) in [6, 6.07) is 6.82. The minimum atomic E-state index is -0.741. The summed E-state index contributed by atoms with van der Waals surface area (Å²) >= 11 is 0. The van der Waals surface area contributed by atoms with E-state index in [4.69, 9.17) is 5.11 Å². The lowest BCUT2D eigenvalue weighted by Crippen LogP contribution is -2.21. The number of phenols is 1. The Hall–Kier alpha value is -1.02. The quantitative estimate of drug-likeness (QED) is 0.772. The summed E-state index contributed by atoms with van der Waals surface area (Å²) < 4.78 is 0. The molecule has 1 unspecified atom stereocenters. The van der Waals surface area contributed by atoms with Crippen molar-refractivity contribution in [3.05, 3.63) is 29.8 Å². The first-order valence-corrected chi connectivity index (χ1v) is 5.10. The Bertz CT molecular complexity index is 310. The third-order valence-electron chi connectivity index (χ3n) is 2.87. The Morgan fingerprint density at radius 1 is 1.29 bits per heavy atom. The van der Waals surface area contributed by atoms with Crippen LogP contribution in [0.2, 0.25) is 0 Å². The maximum Gasteiger partial charge on any atom is 0.115 e. The first-order valence-electron chi connectivity index (χ1n) is 5.10. The molecule has 0 amide bonds. The highest BCUT2D eigenvalue weighted by Crippen LogP contribution is 2.40. The Balaban J connectivity index is 2.14. The molecule has 0 spiro atoms. The Kier molecular flexibility index (Phi) is 2.23. The van der Waals surface area contributed by atoms with E-state index in [1.165, 1.54) is 12.8 Å². The highest BCUT2D eigenvalue weighted by molar-refractivity contribution is 5.29. The molecule has 1 saturated carbocycles. The van der Waals surface area contributed by atoms with Crippen molar-refractivity contribution < 1.29 is 10.2 Å². The standard InChI is InChI=1S/C12H16O2/c1-12(14,8-9-2-3-9)10-4-6-11(13)7-5-10/h4-7,9,13-14H,2-3,8H2,1H3. The largest absolute Gasteiger partial charge is 0.508 e. The van der Waals surface area contributed by atoms with Crippen molar-refractivity contribution in [3.63, 3.8) is 0 Å². The lowest BCUT2D eigenvalue weighted by Gasteiger charge is -2.23. The number of aliphatic hydroxyl groups is 1. The van der Waals surface area contributed by atoms with Crippen LogP contribution >= 0.6 is 0 Å². The maximum atomic E-state index is 10.2. The molecule has 1 atom stereocenters. The third kappa shape index (κ3) is 2.07. The van der Waals surface area contributed by atoms with E-state index in [1.807, 2.05) is 6.92 Å². The maximum absolute atomic E-state index is 10.2. The lowest BCUT2D eigenvalue weighted by molar-refractivity contribution is 0.0417. The number of aromatic hydroxyl groups is 1. The Morgan fingerprint density at radius 2 is 1.86 bits per heavy atom. The van der Waals surface area contributed by atoms with E-state index >= 15 is 0 Å². The number of hydrogen-bond acceptors (Lipinski definition) is 2. The molecule has 1 aliphatic carbocycles. The SMILES string of the molecule is CC(O)(CC1CC1)c1ccc(O)cc1. The molecule has 2 heteroatoms. The van der Waals surface area contributed by atoms with Crippen molar-refractivity contribution in [2.24, 2.45) is 5.92 Å². The van der Waals surface area contributed by atoms with Gasteiger partial charge in [-0.2, -0.15) is 0 Å². The van der Waals surface area contributed by atoms with Gasteiger partial charge in [0.2, 0.25) is 0 Å². The van der Waals surface area contributed by atoms with E-state index in [2.05, 4.69) is 0 Å². The topological polar surface area (TPSA) is 40.5 Å². The van der Waals surface area contributed by atoms with E-state index in [1.54, 1.807) is 24.3 Å². The van der Waals surface area contributed by atoms with Crippen LogP contribution in [0, 0.1) is 5.92 Å². The molecule has 2 nitrogen and oxygen atoms in total. The summed E-state index contributed by atoms with van der Waals surface area (Å²) in [5, 5.41) is 19.3. The van der Waals surface area contributed by atoms with Gasteiger partial charge in [0.1, 0.15) is 5.75 Å². The van der Waals surface area contributed by atoms with Gasteiger partial charge in [-0.15, -0.1) is 0 Å². The van der Waals surface area contributed by atoms with Gasteiger partial charge >= 0.3 is 0 Å². The van der Waals surface area contributed by atoms with Crippen LogP contribution in [0.25, 0.3) is 0 Å². The predicted molar refractivity (Wildman–Crippen MR) is 55.0 cm³/mol. The van der Waals surface area contributed by atoms with Crippen LogP contribution in [0.5, 0.6) is 5.75 Å². The van der Waals surface area contributed by atoms with Gasteiger partial charge in [-0.05, 0) is 37.0 Å². The average molecular weight is 192 g/mol. The van der Waals surface area contributed by atoms with Gasteiger partial charge in [-0.1, -0.05) is 25.0 Å². The monoisotopic (exact) mass is 192 g/mol. The highest BCUT2D eigenvalue weighted by atomic mass is 16.3. The van der Waals surface area contributed by atoms with Crippen LogP contribution in [0.15, 0.2) is 24.3 Å². The van der Waals surface area contributed by atoms with Crippen molar-refractivity contribution in [2.75, 3.05) is 0 Å². The number of phenolic OH excluding ortho intramolecular Hbond substituents is 1. The minimum absolute atomic E-state index is 0.246. The van der Waals surface area contributed by atoms with E-state index < -0.39 is 5.60 Å². The number of benzene rings is 1. The highest BCUT2D eigenvalue weighted by Gasteiger charge is 2.32. The summed E-state index contributed by atoms with van der Waals surface area (Å²) in [4.78, 5) is 0. The second kappa shape index (κ2) is 3.28. The Labute approximate surface area is 84.2 Å². The smallest absolute Gasteiger partial charge is 0.115 e. The van der Waals surface area contributed by atoms with Gasteiger partial charge in [0.25, 0.3) is 0 Å². The summed E-state index contributed by atoms with van der Waals surface area (Å²) in [7, 11) is 0. The molecule has 1 fully saturated rings. The molecule has 14 heavy (non-hydrogen) atoms. The molecule has 0 heterocycles. The second-order valence-corrected chi connectivity index (χ2v) is 4.47. The van der Waals surface area contributed by atoms with Gasteiger partial charge < -0.3 is 10.2 Å². The van der Waals surface area contributed by atoms with Crippen molar-refractivity contribution in [2.45, 2.75) is 31.8 Å². The fraction of sp³-hybridized carbons (Fsp3) is 0.500. The molecule has 0 saturated heterocycles. The second-order valence-electron chi connectivity index (χ2n) is 4.47. The van der Waals surface area contributed by atoms with Crippen LogP contribution < -0.4 is 0 Å². The third-order valence-corrected chi connectivity index (χ3v) is 2.87. The molecule has 0 radical (unpaired) electrons. The molecule has 2 rings (SSSR count). The zero-order valence-electron chi connectivity index (χ0n) is 8.40. The van der Waals surface area contributed by atoms with Crippen molar-refractivity contribution in [1.29, 1.82) is 0 Å². The van der Waals surface area contributed by atoms with Gasteiger partial charge in [-0.25, -0.2) is 0 Å². The molecule has 2 N–H and O–H groups in total. The Morgan fingerprint density at radius 3 is 2.36 bits per heavy atom. The fourth-order valence-corrected chi connectivity index (χ4v) is 1.82. The molecule has 1 aromatic rings. The molecule has 1 aromatic carbocycles. The summed E-state index contributed by atoms with van der Waals surface area (Å²) in [5.41, 5.74) is 0.150. The van der Waals surface area contributed by atoms with Gasteiger partial charge in [0.05, 0.1) is 5.60 Å². The van der Waals surface area contributed by atoms with Crippen molar-refractivity contribution in [1.82, 2.24) is 0 Å². The average Bonchev–Trinajstić information content (AvgIpc) is 2.88. The normalized spacial score (nSPS) is 20.4. The van der Waals surface area contributed by atoms with Crippen LogP contribution in [0.4, 0.5) is 0 Å². The summed E-state index contributed by atoms with van der Waals surface area (Å²) in [5.74, 6) is 0.940. The van der Waals surface area contributed by atoms with Crippen LogP contribution in [-0.2, 0) is 5.60 Å². The zero-order chi connectivity index (χ0) is 10.2. The minimum Gasteiger partial charge on any atom is -0.508 e. The number of rotatable bonds is 3. The number of hydrogen-bond donors (Lipinski definition) is 2. The predicted octanol–water partition coefficient (Wildman–Crippen LogP) is 2.40. The molecular formula is C12H16O2. The molecule has 0 bridgehead atoms. The molecular weight excluding hydrogens is 176 g/mol. The van der Waals surface area contributed by atoms with E-state index in [0.717, 1.165) is 12.0 Å². The van der Waals surface area contributed by atoms with Gasteiger partial charge in [0.15, 0.2) is 0 Å². The fourth-order valence-electron chi connectivity index (χ4n) is 1.82. The van der Waals surface area contributed by atoms with Crippen LogP contribution in [0.3, 0.4) is 0 Å². The molecule has 1 aliphatic rings. The molecule has 0 aliphatic heterocycles. The van der Waals surface area contributed by atoms with E-state index in [0.29, 0.717) is 5.92 Å². The zero-order valence-corrected chi connectivity index (χ0v) is 8.40. The summed E-state index contributed by atoms with van der Waals surface area (Å²) in [6.45, 7) is 1.84. The van der Waals surface area contributed by atoms with E-state index in [9.17, 15) is 5.11 Å². The molecule has 0 aromatic heterocycles. The van der Waals surface area contributed by atoms with Crippen LogP contribution in [0.1, 0.15) is 31.7 Å². The van der Waals surface area contributed by atoms with Gasteiger partial charge in [-0.3, -0.25) is 0 Å². The first kappa shape index (κ1) is 9.53. The first-order chi connectivity index (χ1) is 6.58.